The van der Waals surface area contributed by atoms with Crippen molar-refractivity contribution in [2.75, 3.05) is 0 Å². The molecule has 0 aliphatic heterocycles. The zero-order chi connectivity index (χ0) is 7.23. The number of rotatable bonds is 1. The van der Waals surface area contributed by atoms with Crippen molar-refractivity contribution in [3.63, 3.8) is 0 Å². The zero-order valence-electron chi connectivity index (χ0n) is 7.01. The Labute approximate surface area is 75.3 Å². The molecule has 0 saturated heterocycles. The van der Waals surface area contributed by atoms with Crippen molar-refractivity contribution in [1.82, 2.24) is 5.43 Å². The molecule has 0 unspecified atom stereocenters. The van der Waals surface area contributed by atoms with Gasteiger partial charge >= 0.3 is 0 Å². The van der Waals surface area contributed by atoms with Crippen LogP contribution in [0.4, 0.5) is 0 Å². The van der Waals surface area contributed by atoms with Crippen LogP contribution in [0.2, 0.25) is 0 Å². The molecule has 3 heteroatoms. The highest BCUT2D eigenvalue weighted by molar-refractivity contribution is 5.85. The van der Waals surface area contributed by atoms with E-state index < -0.39 is 0 Å². The van der Waals surface area contributed by atoms with Crippen molar-refractivity contribution in [3.8, 4) is 0 Å². The van der Waals surface area contributed by atoms with Gasteiger partial charge in [0.2, 0.25) is 0 Å². The normalized spacial score (nSPS) is 21.5. The van der Waals surface area contributed by atoms with Gasteiger partial charge in [0.25, 0.3) is 0 Å². The Hall–Kier alpha value is 0.210. The Bertz CT molecular complexity index is 80.2. The summed E-state index contributed by atoms with van der Waals surface area (Å²) in [6.07, 6.45) is 9.49. The molecule has 0 atom stereocenters. The van der Waals surface area contributed by atoms with Gasteiger partial charge in [-0.3, -0.25) is 11.3 Å². The average molecular weight is 179 g/mol. The lowest BCUT2D eigenvalue weighted by molar-refractivity contribution is 0.396. The number of nitrogens with one attached hydrogen (secondary N) is 1. The van der Waals surface area contributed by atoms with Crippen LogP contribution in [0.25, 0.3) is 0 Å². The fraction of sp³-hybridized carbons (Fsp3) is 1.00. The average Bonchev–Trinajstić information content (AvgIpc) is 1.87. The summed E-state index contributed by atoms with van der Waals surface area (Å²) in [6.45, 7) is 0. The Morgan fingerprint density at radius 1 is 0.909 bits per heavy atom. The number of nitrogens with two attached hydrogens (primary N) is 1. The summed E-state index contributed by atoms with van der Waals surface area (Å²) in [5, 5.41) is 0. The van der Waals surface area contributed by atoms with Crippen LogP contribution in [0.15, 0.2) is 0 Å². The summed E-state index contributed by atoms with van der Waals surface area (Å²) in [7, 11) is 0. The van der Waals surface area contributed by atoms with Gasteiger partial charge in [-0.1, -0.05) is 32.1 Å². The molecular formula is C8H19ClN2. The summed E-state index contributed by atoms with van der Waals surface area (Å²) >= 11 is 0. The zero-order valence-corrected chi connectivity index (χ0v) is 7.83. The van der Waals surface area contributed by atoms with Crippen LogP contribution in [-0.2, 0) is 0 Å². The highest BCUT2D eigenvalue weighted by Gasteiger charge is 2.07. The molecule has 1 saturated carbocycles. The maximum atomic E-state index is 5.37. The van der Waals surface area contributed by atoms with E-state index >= 15 is 0 Å². The molecule has 68 valence electrons. The van der Waals surface area contributed by atoms with E-state index in [0.29, 0.717) is 6.04 Å². The van der Waals surface area contributed by atoms with Gasteiger partial charge in [0.15, 0.2) is 0 Å². The summed E-state index contributed by atoms with van der Waals surface area (Å²) in [4.78, 5) is 0. The largest absolute Gasteiger partial charge is 0.271 e. The minimum absolute atomic E-state index is 0. The minimum atomic E-state index is 0. The molecule has 0 heterocycles. The Morgan fingerprint density at radius 3 is 1.82 bits per heavy atom. The molecule has 0 radical (unpaired) electrons. The monoisotopic (exact) mass is 178 g/mol. The fourth-order valence-corrected chi connectivity index (χ4v) is 1.62. The van der Waals surface area contributed by atoms with Gasteiger partial charge in [-0.15, -0.1) is 12.4 Å². The first-order chi connectivity index (χ1) is 4.93. The molecule has 0 aromatic rings. The number of hydrogen-bond donors (Lipinski definition) is 2. The summed E-state index contributed by atoms with van der Waals surface area (Å²) in [5.74, 6) is 5.37. The van der Waals surface area contributed by atoms with Crippen LogP contribution in [-0.4, -0.2) is 6.04 Å². The van der Waals surface area contributed by atoms with Gasteiger partial charge in [-0.2, -0.15) is 0 Å². The second-order valence-electron chi connectivity index (χ2n) is 3.21. The highest BCUT2D eigenvalue weighted by atomic mass is 35.5. The van der Waals surface area contributed by atoms with Crippen LogP contribution in [0.3, 0.4) is 0 Å². The topological polar surface area (TPSA) is 38.0 Å². The lowest BCUT2D eigenvalue weighted by atomic mass is 9.97. The molecule has 0 amide bonds. The second-order valence-corrected chi connectivity index (χ2v) is 3.21. The summed E-state index contributed by atoms with van der Waals surface area (Å²) in [5.41, 5.74) is 2.87. The standard InChI is InChI=1S/C8H18N2.ClH/c9-10-8-6-4-2-1-3-5-7-8;/h8,10H,1-7,9H2;1H. The molecule has 2 nitrogen and oxygen atoms in total. The van der Waals surface area contributed by atoms with Crippen molar-refractivity contribution in [3.05, 3.63) is 0 Å². The van der Waals surface area contributed by atoms with Gasteiger partial charge in [-0.05, 0) is 12.8 Å². The van der Waals surface area contributed by atoms with Gasteiger partial charge in [-0.25, -0.2) is 0 Å². The molecule has 1 aliphatic carbocycles. The third-order valence-corrected chi connectivity index (χ3v) is 2.34. The van der Waals surface area contributed by atoms with Crippen molar-refractivity contribution in [2.45, 2.75) is 51.0 Å². The second kappa shape index (κ2) is 6.89. The number of hydrazine groups is 1. The van der Waals surface area contributed by atoms with Gasteiger partial charge < -0.3 is 0 Å². The van der Waals surface area contributed by atoms with Crippen LogP contribution in [0.1, 0.15) is 44.9 Å². The molecule has 1 aliphatic rings. The molecular weight excluding hydrogens is 160 g/mol. The van der Waals surface area contributed by atoms with Gasteiger partial charge in [0.05, 0.1) is 0 Å². The smallest absolute Gasteiger partial charge is 0.0210 e. The molecule has 0 spiro atoms. The van der Waals surface area contributed by atoms with E-state index in [-0.39, 0.29) is 12.4 Å². The van der Waals surface area contributed by atoms with Crippen molar-refractivity contribution < 1.29 is 0 Å². The van der Waals surface area contributed by atoms with E-state index in [0.717, 1.165) is 0 Å². The third-order valence-electron chi connectivity index (χ3n) is 2.34. The summed E-state index contributed by atoms with van der Waals surface area (Å²) in [6, 6.07) is 0.597. The van der Waals surface area contributed by atoms with Gasteiger partial charge in [0.1, 0.15) is 0 Å². The van der Waals surface area contributed by atoms with E-state index in [2.05, 4.69) is 5.43 Å². The molecule has 0 aromatic carbocycles. The quantitative estimate of drug-likeness (QED) is 0.476. The Balaban J connectivity index is 0.000001000. The lowest BCUT2D eigenvalue weighted by Crippen LogP contribution is -2.35. The van der Waals surface area contributed by atoms with E-state index in [4.69, 9.17) is 5.84 Å². The van der Waals surface area contributed by atoms with Crippen molar-refractivity contribution >= 4 is 12.4 Å². The highest BCUT2D eigenvalue weighted by Crippen LogP contribution is 2.16. The number of halogens is 1. The van der Waals surface area contributed by atoms with E-state index in [1.54, 1.807) is 0 Å². The third kappa shape index (κ3) is 4.62. The van der Waals surface area contributed by atoms with Crippen LogP contribution in [0.5, 0.6) is 0 Å². The van der Waals surface area contributed by atoms with Crippen LogP contribution in [0, 0.1) is 0 Å². The van der Waals surface area contributed by atoms with Crippen molar-refractivity contribution in [1.29, 1.82) is 0 Å². The van der Waals surface area contributed by atoms with E-state index in [1.807, 2.05) is 0 Å². The first kappa shape index (κ1) is 11.2. The number of hydrogen-bond acceptors (Lipinski definition) is 2. The predicted molar refractivity (Wildman–Crippen MR) is 50.7 cm³/mol. The van der Waals surface area contributed by atoms with Crippen molar-refractivity contribution in [2.24, 2.45) is 5.84 Å². The molecule has 0 bridgehead atoms. The maximum absolute atomic E-state index is 5.37. The SMILES string of the molecule is Cl.NNC1CCCCCCC1. The van der Waals surface area contributed by atoms with E-state index in [1.165, 1.54) is 44.9 Å². The first-order valence-corrected chi connectivity index (χ1v) is 4.39. The van der Waals surface area contributed by atoms with Crippen LogP contribution < -0.4 is 11.3 Å². The molecule has 11 heavy (non-hydrogen) atoms. The molecule has 0 aromatic heterocycles. The van der Waals surface area contributed by atoms with E-state index in [9.17, 15) is 0 Å². The molecule has 1 rings (SSSR count). The summed E-state index contributed by atoms with van der Waals surface area (Å²) < 4.78 is 0. The van der Waals surface area contributed by atoms with Gasteiger partial charge in [0, 0.05) is 6.04 Å². The molecule has 3 N–H and O–H groups in total. The fourth-order valence-electron chi connectivity index (χ4n) is 1.62. The predicted octanol–water partition coefficient (Wildman–Crippen LogP) is 1.98. The minimum Gasteiger partial charge on any atom is -0.271 e. The Morgan fingerprint density at radius 2 is 1.36 bits per heavy atom. The maximum Gasteiger partial charge on any atom is 0.0210 e. The lowest BCUT2D eigenvalue weighted by Gasteiger charge is -2.17. The Kier molecular flexibility index (Phi) is 7.02. The van der Waals surface area contributed by atoms with Crippen LogP contribution >= 0.6 is 12.4 Å². The molecule has 1 fully saturated rings. The first-order valence-electron chi connectivity index (χ1n) is 4.39.